The lowest BCUT2D eigenvalue weighted by atomic mass is 10.5. The molecule has 10 heavy (non-hydrogen) atoms. The van der Waals surface area contributed by atoms with Crippen molar-refractivity contribution in [3.63, 3.8) is 0 Å². The molecule has 1 unspecified atom stereocenters. The first kappa shape index (κ1) is 9.01. The maximum absolute atomic E-state index is 8.09. The minimum atomic E-state index is -0.676. The number of rotatable bonds is 3. The summed E-state index contributed by atoms with van der Waals surface area (Å²) < 4.78 is 8.98. The number of ether oxygens (including phenoxy) is 1. The van der Waals surface area contributed by atoms with Crippen LogP contribution in [0.4, 0.5) is 0 Å². The summed E-state index contributed by atoms with van der Waals surface area (Å²) in [5, 5.41) is 15.4. The maximum Gasteiger partial charge on any atom is 0.289 e. The van der Waals surface area contributed by atoms with Gasteiger partial charge in [0, 0.05) is 0 Å². The summed E-state index contributed by atoms with van der Waals surface area (Å²) in [7, 11) is -0.140. The van der Waals surface area contributed by atoms with E-state index < -0.39 is 5.34 Å². The minimum absolute atomic E-state index is 0.140. The van der Waals surface area contributed by atoms with Gasteiger partial charge in [-0.1, -0.05) is 0 Å². The number of hydrogen-bond donors (Lipinski definition) is 0. The van der Waals surface area contributed by atoms with Gasteiger partial charge in [-0.05, 0) is 13.8 Å². The van der Waals surface area contributed by atoms with Crippen LogP contribution in [-0.4, -0.2) is 5.34 Å². The molecular weight excluding hydrogens is 151 g/mol. The van der Waals surface area contributed by atoms with E-state index in [-0.39, 0.29) is 8.81 Å². The molecule has 0 saturated heterocycles. The highest BCUT2D eigenvalue weighted by atomic mass is 31.1. The molecule has 0 aliphatic carbocycles. The summed E-state index contributed by atoms with van der Waals surface area (Å²) in [5.41, 5.74) is 0. The Labute approximate surface area is 61.2 Å². The molecule has 5 heteroatoms. The Morgan fingerprint density at radius 2 is 1.90 bits per heavy atom. The summed E-state index contributed by atoms with van der Waals surface area (Å²) >= 11 is 0. The molecule has 0 aromatic heterocycles. The van der Waals surface area contributed by atoms with Gasteiger partial charge < -0.3 is 9.26 Å². The van der Waals surface area contributed by atoms with E-state index in [0.717, 1.165) is 0 Å². The first-order valence-corrected chi connectivity index (χ1v) is 3.42. The lowest BCUT2D eigenvalue weighted by Crippen LogP contribution is -2.14. The smallest absolute Gasteiger partial charge is 0.289 e. The molecule has 0 saturated carbocycles. The molecule has 0 heterocycles. The van der Waals surface area contributed by atoms with Crippen LogP contribution in [0.15, 0.2) is 0 Å². The van der Waals surface area contributed by atoms with E-state index in [2.05, 4.69) is 9.26 Å². The second-order valence-corrected chi connectivity index (χ2v) is 3.61. The largest absolute Gasteiger partial charge is 0.413 e. The van der Waals surface area contributed by atoms with Crippen LogP contribution in [0.2, 0.25) is 0 Å². The normalized spacial score (nSPS) is 10.4. The van der Waals surface area contributed by atoms with Gasteiger partial charge in [-0.15, -0.1) is 0 Å². The maximum atomic E-state index is 8.09. The first-order chi connectivity index (χ1) is 4.62. The van der Waals surface area contributed by atoms with Crippen molar-refractivity contribution in [1.29, 1.82) is 10.5 Å². The Hall–Kier alpha value is -0.990. The predicted molar refractivity (Wildman–Crippen MR) is 35.8 cm³/mol. The van der Waals surface area contributed by atoms with Gasteiger partial charge in [-0.25, -0.2) is 0 Å². The van der Waals surface area contributed by atoms with Crippen LogP contribution in [0.25, 0.3) is 0 Å². The van der Waals surface area contributed by atoms with Crippen LogP contribution in [0.3, 0.4) is 0 Å². The summed E-state index contributed by atoms with van der Waals surface area (Å²) in [6.07, 6.45) is 3.04. The Bertz CT molecular complexity index is 179. The van der Waals surface area contributed by atoms with Crippen LogP contribution in [0.1, 0.15) is 13.8 Å². The summed E-state index contributed by atoms with van der Waals surface area (Å²) in [5.74, 6) is 0. The van der Waals surface area contributed by atoms with Crippen LogP contribution >= 0.6 is 8.81 Å². The molecule has 4 nitrogen and oxygen atoms in total. The van der Waals surface area contributed by atoms with Gasteiger partial charge in [0.15, 0.2) is 5.34 Å². The van der Waals surface area contributed by atoms with Crippen LogP contribution in [0, 0.1) is 23.0 Å². The highest BCUT2D eigenvalue weighted by molar-refractivity contribution is 7.34. The molecule has 0 bridgehead atoms. The Kier molecular flexibility index (Phi) is 3.54. The zero-order valence-electron chi connectivity index (χ0n) is 5.71. The van der Waals surface area contributed by atoms with Gasteiger partial charge in [-0.3, -0.25) is 0 Å². The topological polar surface area (TPSA) is 66.0 Å². The predicted octanol–water partition coefficient (Wildman–Crippen LogP) is 1.31. The molecule has 0 N–H and O–H groups in total. The first-order valence-electron chi connectivity index (χ1n) is 2.51. The van der Waals surface area contributed by atoms with E-state index >= 15 is 0 Å². The van der Waals surface area contributed by atoms with Gasteiger partial charge in [-0.2, -0.15) is 10.5 Å². The third kappa shape index (κ3) is 3.95. The fraction of sp³-hybridized carbons (Fsp3) is 0.600. The van der Waals surface area contributed by atoms with Crippen molar-refractivity contribution >= 4 is 8.81 Å². The molecule has 0 aromatic carbocycles. The van der Waals surface area contributed by atoms with Gasteiger partial charge >= 0.3 is 0 Å². The lowest BCUT2D eigenvalue weighted by molar-refractivity contribution is 0.152. The van der Waals surface area contributed by atoms with Crippen molar-refractivity contribution < 1.29 is 9.26 Å². The van der Waals surface area contributed by atoms with Crippen molar-refractivity contribution in [3.8, 4) is 12.5 Å². The summed E-state index contributed by atoms with van der Waals surface area (Å²) in [6.45, 7) is 3.35. The molecular formula is C5H7N2O2P. The average molecular weight is 158 g/mol. The summed E-state index contributed by atoms with van der Waals surface area (Å²) in [6, 6.07) is 0. The van der Waals surface area contributed by atoms with Gasteiger partial charge in [0.2, 0.25) is 0 Å². The van der Waals surface area contributed by atoms with Gasteiger partial charge in [0.05, 0.1) is 0 Å². The van der Waals surface area contributed by atoms with E-state index in [9.17, 15) is 0 Å². The molecule has 0 fully saturated rings. The molecule has 0 aromatic rings. The minimum Gasteiger partial charge on any atom is -0.413 e. The Balaban J connectivity index is 3.68. The van der Waals surface area contributed by atoms with E-state index in [4.69, 9.17) is 10.5 Å². The fourth-order valence-electron chi connectivity index (χ4n) is 0.281. The molecule has 1 atom stereocenters. The average Bonchev–Trinajstić information content (AvgIpc) is 1.84. The second-order valence-electron chi connectivity index (χ2n) is 2.00. The SMILES string of the molecule is CC(C)(OC#N)POC#N. The number of hydrogen-bond acceptors (Lipinski definition) is 4. The monoisotopic (exact) mass is 158 g/mol. The highest BCUT2D eigenvalue weighted by Crippen LogP contribution is 2.32. The highest BCUT2D eigenvalue weighted by Gasteiger charge is 2.20. The van der Waals surface area contributed by atoms with Crippen LogP contribution < -0.4 is 0 Å². The van der Waals surface area contributed by atoms with E-state index in [1.165, 1.54) is 12.5 Å². The Morgan fingerprint density at radius 3 is 2.30 bits per heavy atom. The number of nitriles is 2. The third-order valence-electron chi connectivity index (χ3n) is 0.643. The fourth-order valence-corrected chi connectivity index (χ4v) is 0.659. The summed E-state index contributed by atoms with van der Waals surface area (Å²) in [4.78, 5) is 0. The van der Waals surface area contributed by atoms with E-state index in [0.29, 0.717) is 0 Å². The van der Waals surface area contributed by atoms with Gasteiger partial charge in [0.25, 0.3) is 12.5 Å². The second kappa shape index (κ2) is 3.93. The zero-order valence-corrected chi connectivity index (χ0v) is 6.71. The lowest BCUT2D eigenvalue weighted by Gasteiger charge is -2.17. The van der Waals surface area contributed by atoms with Crippen molar-refractivity contribution in [2.45, 2.75) is 19.2 Å². The molecule has 54 valence electrons. The van der Waals surface area contributed by atoms with Crippen molar-refractivity contribution in [2.24, 2.45) is 0 Å². The van der Waals surface area contributed by atoms with Crippen LogP contribution in [0.5, 0.6) is 0 Å². The van der Waals surface area contributed by atoms with E-state index in [1.807, 2.05) is 0 Å². The van der Waals surface area contributed by atoms with Crippen LogP contribution in [-0.2, 0) is 9.26 Å². The van der Waals surface area contributed by atoms with E-state index in [1.54, 1.807) is 13.8 Å². The van der Waals surface area contributed by atoms with Crippen molar-refractivity contribution in [1.82, 2.24) is 0 Å². The Morgan fingerprint density at radius 1 is 1.30 bits per heavy atom. The quantitative estimate of drug-likeness (QED) is 0.458. The van der Waals surface area contributed by atoms with Crippen molar-refractivity contribution in [2.75, 3.05) is 0 Å². The molecule has 0 rings (SSSR count). The van der Waals surface area contributed by atoms with Crippen molar-refractivity contribution in [3.05, 3.63) is 0 Å². The molecule has 0 spiro atoms. The van der Waals surface area contributed by atoms with Gasteiger partial charge in [0.1, 0.15) is 8.81 Å². The number of nitrogens with zero attached hydrogens (tertiary/aromatic N) is 2. The molecule has 0 aliphatic heterocycles. The molecule has 0 amide bonds. The molecule has 0 radical (unpaired) electrons. The zero-order chi connectivity index (χ0) is 8.04. The molecule has 0 aliphatic rings. The standard InChI is InChI=1S/C5H7N2O2P/c1-5(2,8-3-6)10-9-4-7/h10H,1-2H3. The third-order valence-corrected chi connectivity index (χ3v) is 1.43.